The molecule has 152 valence electrons. The monoisotopic (exact) mass is 402 g/mol. The van der Waals surface area contributed by atoms with Gasteiger partial charge in [0.15, 0.2) is 0 Å². The van der Waals surface area contributed by atoms with Gasteiger partial charge in [-0.2, -0.15) is 0 Å². The van der Waals surface area contributed by atoms with Gasteiger partial charge in [-0.3, -0.25) is 19.1 Å². The number of thiophene rings is 1. The number of nitrogens with one attached hydrogen (secondary N) is 1. The number of piperidine rings is 1. The van der Waals surface area contributed by atoms with Crippen LogP contribution in [0.3, 0.4) is 0 Å². The van der Waals surface area contributed by atoms with E-state index in [1.165, 1.54) is 4.88 Å². The number of nitrogens with zero attached hydrogens (tertiary/aromatic N) is 3. The third-order valence-corrected chi connectivity index (χ3v) is 7.05. The Morgan fingerprint density at radius 3 is 2.50 bits per heavy atom. The summed E-state index contributed by atoms with van der Waals surface area (Å²) >= 11 is 1.64. The highest BCUT2D eigenvalue weighted by Crippen LogP contribution is 2.41. The van der Waals surface area contributed by atoms with E-state index in [0.29, 0.717) is 12.5 Å². The third kappa shape index (κ3) is 3.74. The quantitative estimate of drug-likeness (QED) is 0.834. The fourth-order valence-electron chi connectivity index (χ4n) is 4.21. The molecule has 0 unspecified atom stereocenters. The lowest BCUT2D eigenvalue weighted by molar-refractivity contribution is -0.123. The predicted molar refractivity (Wildman–Crippen MR) is 113 cm³/mol. The average Bonchev–Trinajstić information content (AvgIpc) is 3.42. The standard InChI is InChI=1S/C21H30N4O2S/c1-12(2)22-17(26)11-24-9-7-16(8-10-24)25-19(15-5-6-15)23-20-18(21(25)27)13(3)14(4)28-20/h12,15-16H,5-11H2,1-4H3,(H,22,26). The highest BCUT2D eigenvalue weighted by Gasteiger charge is 2.33. The Kier molecular flexibility index (Phi) is 5.31. The highest BCUT2D eigenvalue weighted by atomic mass is 32.1. The number of carbonyl (C=O) groups excluding carboxylic acids is 1. The normalized spacial score (nSPS) is 18.9. The van der Waals surface area contributed by atoms with E-state index in [-0.39, 0.29) is 23.6 Å². The number of hydrogen-bond donors (Lipinski definition) is 1. The second-order valence-electron chi connectivity index (χ2n) is 8.61. The van der Waals surface area contributed by atoms with E-state index in [2.05, 4.69) is 17.1 Å². The lowest BCUT2D eigenvalue weighted by Crippen LogP contribution is -2.44. The van der Waals surface area contributed by atoms with Crippen LogP contribution in [0.2, 0.25) is 0 Å². The van der Waals surface area contributed by atoms with Gasteiger partial charge in [0, 0.05) is 36.0 Å². The van der Waals surface area contributed by atoms with Gasteiger partial charge in [0.1, 0.15) is 10.7 Å². The molecule has 1 saturated heterocycles. The van der Waals surface area contributed by atoms with Gasteiger partial charge >= 0.3 is 0 Å². The Bertz CT molecular complexity index is 949. The molecule has 1 saturated carbocycles. The first-order valence-electron chi connectivity index (χ1n) is 10.4. The summed E-state index contributed by atoms with van der Waals surface area (Å²) in [5.74, 6) is 1.51. The van der Waals surface area contributed by atoms with Crippen LogP contribution in [-0.4, -0.2) is 46.0 Å². The molecule has 7 heteroatoms. The van der Waals surface area contributed by atoms with Crippen molar-refractivity contribution in [3.8, 4) is 0 Å². The van der Waals surface area contributed by atoms with E-state index < -0.39 is 0 Å². The maximum Gasteiger partial charge on any atom is 0.262 e. The summed E-state index contributed by atoms with van der Waals surface area (Å²) in [7, 11) is 0. The van der Waals surface area contributed by atoms with Crippen molar-refractivity contribution in [2.45, 2.75) is 71.4 Å². The summed E-state index contributed by atoms with van der Waals surface area (Å²) in [6.07, 6.45) is 4.05. The van der Waals surface area contributed by atoms with Crippen molar-refractivity contribution in [3.63, 3.8) is 0 Å². The molecule has 0 spiro atoms. The van der Waals surface area contributed by atoms with Crippen molar-refractivity contribution in [2.75, 3.05) is 19.6 Å². The van der Waals surface area contributed by atoms with Crippen molar-refractivity contribution in [2.24, 2.45) is 0 Å². The fourth-order valence-corrected chi connectivity index (χ4v) is 5.24. The number of fused-ring (bicyclic) bond motifs is 1. The van der Waals surface area contributed by atoms with E-state index in [1.54, 1.807) is 11.3 Å². The number of carbonyl (C=O) groups is 1. The van der Waals surface area contributed by atoms with Gasteiger partial charge in [0.05, 0.1) is 11.9 Å². The van der Waals surface area contributed by atoms with Crippen molar-refractivity contribution < 1.29 is 4.79 Å². The van der Waals surface area contributed by atoms with Gasteiger partial charge in [-0.1, -0.05) is 0 Å². The molecule has 1 N–H and O–H groups in total. The number of rotatable bonds is 5. The lowest BCUT2D eigenvalue weighted by Gasteiger charge is -2.33. The van der Waals surface area contributed by atoms with Crippen LogP contribution in [0.4, 0.5) is 0 Å². The molecule has 28 heavy (non-hydrogen) atoms. The molecule has 0 radical (unpaired) electrons. The first-order chi connectivity index (χ1) is 13.3. The molecule has 4 rings (SSSR count). The first kappa shape index (κ1) is 19.6. The molecule has 2 aromatic rings. The van der Waals surface area contributed by atoms with E-state index in [9.17, 15) is 9.59 Å². The zero-order valence-electron chi connectivity index (χ0n) is 17.2. The number of aryl methyl sites for hydroxylation is 2. The highest BCUT2D eigenvalue weighted by molar-refractivity contribution is 7.18. The molecule has 2 aromatic heterocycles. The smallest absolute Gasteiger partial charge is 0.262 e. The largest absolute Gasteiger partial charge is 0.353 e. The molecule has 1 aliphatic carbocycles. The molecular formula is C21H30N4O2S. The Morgan fingerprint density at radius 2 is 1.89 bits per heavy atom. The molecular weight excluding hydrogens is 372 g/mol. The molecule has 3 heterocycles. The van der Waals surface area contributed by atoms with Crippen LogP contribution in [0.1, 0.15) is 67.8 Å². The number of aromatic nitrogens is 2. The number of hydrogen-bond acceptors (Lipinski definition) is 5. The minimum Gasteiger partial charge on any atom is -0.353 e. The van der Waals surface area contributed by atoms with Crippen molar-refractivity contribution in [1.82, 2.24) is 19.8 Å². The number of likely N-dealkylation sites (tertiary alicyclic amines) is 1. The van der Waals surface area contributed by atoms with Crippen molar-refractivity contribution in [3.05, 3.63) is 26.6 Å². The van der Waals surface area contributed by atoms with Crippen LogP contribution in [0.15, 0.2) is 4.79 Å². The fraction of sp³-hybridized carbons (Fsp3) is 0.667. The topological polar surface area (TPSA) is 67.2 Å². The first-order valence-corrected chi connectivity index (χ1v) is 11.2. The third-order valence-electron chi connectivity index (χ3n) is 5.94. The van der Waals surface area contributed by atoms with Gasteiger partial charge in [0.2, 0.25) is 5.91 Å². The minimum absolute atomic E-state index is 0.0803. The second-order valence-corrected chi connectivity index (χ2v) is 9.82. The molecule has 0 atom stereocenters. The summed E-state index contributed by atoms with van der Waals surface area (Å²) in [6.45, 7) is 10.2. The maximum atomic E-state index is 13.4. The van der Waals surface area contributed by atoms with Gasteiger partial charge < -0.3 is 5.32 Å². The summed E-state index contributed by atoms with van der Waals surface area (Å²) in [6, 6.07) is 0.351. The van der Waals surface area contributed by atoms with Gasteiger partial charge in [0.25, 0.3) is 5.56 Å². The van der Waals surface area contributed by atoms with Gasteiger partial charge in [-0.25, -0.2) is 4.98 Å². The van der Waals surface area contributed by atoms with E-state index in [4.69, 9.17) is 4.98 Å². The van der Waals surface area contributed by atoms with E-state index in [1.807, 2.05) is 25.3 Å². The van der Waals surface area contributed by atoms with Crippen LogP contribution in [0.25, 0.3) is 10.2 Å². The zero-order valence-corrected chi connectivity index (χ0v) is 18.1. The van der Waals surface area contributed by atoms with E-state index >= 15 is 0 Å². The van der Waals surface area contributed by atoms with Gasteiger partial charge in [-0.05, 0) is 58.9 Å². The molecule has 2 aliphatic rings. The second kappa shape index (κ2) is 7.59. The van der Waals surface area contributed by atoms with Crippen LogP contribution in [0.5, 0.6) is 0 Å². The Hall–Kier alpha value is -1.73. The Morgan fingerprint density at radius 1 is 1.21 bits per heavy atom. The molecule has 2 fully saturated rings. The molecule has 1 aliphatic heterocycles. The maximum absolute atomic E-state index is 13.4. The number of amides is 1. The Labute approximate surface area is 169 Å². The average molecular weight is 403 g/mol. The lowest BCUT2D eigenvalue weighted by atomic mass is 10.0. The zero-order chi connectivity index (χ0) is 20.0. The van der Waals surface area contributed by atoms with Crippen LogP contribution in [-0.2, 0) is 4.79 Å². The summed E-state index contributed by atoms with van der Waals surface area (Å²) < 4.78 is 2.02. The van der Waals surface area contributed by atoms with Crippen LogP contribution in [0, 0.1) is 13.8 Å². The summed E-state index contributed by atoms with van der Waals surface area (Å²) in [5.41, 5.74) is 1.22. The van der Waals surface area contributed by atoms with Crippen LogP contribution >= 0.6 is 11.3 Å². The van der Waals surface area contributed by atoms with Gasteiger partial charge in [-0.15, -0.1) is 11.3 Å². The summed E-state index contributed by atoms with van der Waals surface area (Å²) in [5, 5.41) is 3.77. The molecule has 6 nitrogen and oxygen atoms in total. The van der Waals surface area contributed by atoms with E-state index in [0.717, 1.165) is 60.4 Å². The summed E-state index contributed by atoms with van der Waals surface area (Å²) in [4.78, 5) is 34.7. The molecule has 0 aromatic carbocycles. The Balaban J connectivity index is 1.57. The van der Waals surface area contributed by atoms with Crippen molar-refractivity contribution >= 4 is 27.5 Å². The molecule has 1 amide bonds. The molecule has 0 bridgehead atoms. The van der Waals surface area contributed by atoms with Crippen LogP contribution < -0.4 is 10.9 Å². The van der Waals surface area contributed by atoms with Crippen molar-refractivity contribution in [1.29, 1.82) is 0 Å². The predicted octanol–water partition coefficient (Wildman–Crippen LogP) is 3.11. The minimum atomic E-state index is 0.0803. The SMILES string of the molecule is Cc1sc2nc(C3CC3)n(C3CCN(CC(=O)NC(C)C)CC3)c(=O)c2c1C.